The molecule has 0 atom stereocenters. The smallest absolute Gasteiger partial charge is 0.224 e. The van der Waals surface area contributed by atoms with Crippen molar-refractivity contribution in [2.24, 2.45) is 23.7 Å². The van der Waals surface area contributed by atoms with E-state index >= 15 is 0 Å². The zero-order chi connectivity index (χ0) is 18.4. The SMILES string of the molecule is CCCC[C@H]1CC[C@H]([C@H]2CC[C@H](C#Cc3cnc(F)c(F)c3)CC2)CC1. The van der Waals surface area contributed by atoms with E-state index in [4.69, 9.17) is 0 Å². The average Bonchev–Trinajstić information content (AvgIpc) is 2.68. The summed E-state index contributed by atoms with van der Waals surface area (Å²) < 4.78 is 26.1. The Kier molecular flexibility index (Phi) is 7.06. The van der Waals surface area contributed by atoms with Gasteiger partial charge in [0.05, 0.1) is 0 Å². The van der Waals surface area contributed by atoms with Gasteiger partial charge in [-0.15, -0.1) is 0 Å². The van der Waals surface area contributed by atoms with Crippen LogP contribution in [0.3, 0.4) is 0 Å². The van der Waals surface area contributed by atoms with Crippen LogP contribution < -0.4 is 0 Å². The maximum atomic E-state index is 13.2. The second kappa shape index (κ2) is 9.49. The van der Waals surface area contributed by atoms with E-state index in [2.05, 4.69) is 23.7 Å². The number of unbranched alkanes of at least 4 members (excludes halogenated alkanes) is 1. The summed E-state index contributed by atoms with van der Waals surface area (Å²) in [5, 5.41) is 0. The summed E-state index contributed by atoms with van der Waals surface area (Å²) in [4.78, 5) is 3.40. The highest BCUT2D eigenvalue weighted by Gasteiger charge is 2.30. The van der Waals surface area contributed by atoms with Gasteiger partial charge in [-0.3, -0.25) is 0 Å². The highest BCUT2D eigenvalue weighted by atomic mass is 19.2. The molecule has 142 valence electrons. The third-order valence-electron chi connectivity index (χ3n) is 6.51. The van der Waals surface area contributed by atoms with E-state index in [9.17, 15) is 8.78 Å². The normalized spacial score (nSPS) is 29.0. The largest absolute Gasteiger partial charge is 0.248 e. The van der Waals surface area contributed by atoms with Crippen LogP contribution in [-0.2, 0) is 0 Å². The number of rotatable bonds is 4. The molecule has 1 aromatic rings. The van der Waals surface area contributed by atoms with Gasteiger partial charge in [-0.1, -0.05) is 50.9 Å². The van der Waals surface area contributed by atoms with E-state index in [0.29, 0.717) is 11.5 Å². The summed E-state index contributed by atoms with van der Waals surface area (Å²) in [5.74, 6) is 7.45. The molecule has 2 fully saturated rings. The van der Waals surface area contributed by atoms with Crippen molar-refractivity contribution in [2.45, 2.75) is 77.6 Å². The molecule has 26 heavy (non-hydrogen) atoms. The number of nitrogens with zero attached hydrogens (tertiary/aromatic N) is 1. The number of hydrogen-bond donors (Lipinski definition) is 0. The number of halogens is 2. The van der Waals surface area contributed by atoms with E-state index in [1.54, 1.807) is 0 Å². The van der Waals surface area contributed by atoms with Crippen LogP contribution in [0.25, 0.3) is 0 Å². The van der Waals surface area contributed by atoms with E-state index in [-0.39, 0.29) is 0 Å². The quantitative estimate of drug-likeness (QED) is 0.441. The second-order valence-corrected chi connectivity index (χ2v) is 8.30. The lowest BCUT2D eigenvalue weighted by molar-refractivity contribution is 0.153. The molecule has 1 nitrogen and oxygen atoms in total. The first kappa shape index (κ1) is 19.3. The Labute approximate surface area is 157 Å². The predicted octanol–water partition coefficient (Wildman–Crippen LogP) is 6.51. The van der Waals surface area contributed by atoms with Gasteiger partial charge in [-0.2, -0.15) is 4.39 Å². The molecule has 0 aliphatic heterocycles. The summed E-state index contributed by atoms with van der Waals surface area (Å²) in [6, 6.07) is 1.14. The molecule has 2 saturated carbocycles. The molecule has 0 radical (unpaired) electrons. The molecule has 2 aliphatic carbocycles. The molecule has 0 bridgehead atoms. The first-order chi connectivity index (χ1) is 12.7. The van der Waals surface area contributed by atoms with Gasteiger partial charge in [0.15, 0.2) is 5.82 Å². The van der Waals surface area contributed by atoms with Crippen LogP contribution >= 0.6 is 0 Å². The van der Waals surface area contributed by atoms with Gasteiger partial charge in [0.25, 0.3) is 0 Å². The summed E-state index contributed by atoms with van der Waals surface area (Å²) in [6.45, 7) is 2.29. The van der Waals surface area contributed by atoms with Crippen LogP contribution in [0.5, 0.6) is 0 Å². The molecular weight excluding hydrogens is 328 g/mol. The Bertz CT molecular complexity index is 629. The van der Waals surface area contributed by atoms with Crippen molar-refractivity contribution in [2.75, 3.05) is 0 Å². The van der Waals surface area contributed by atoms with Crippen molar-refractivity contribution in [3.05, 3.63) is 29.6 Å². The van der Waals surface area contributed by atoms with Crippen LogP contribution in [0.2, 0.25) is 0 Å². The van der Waals surface area contributed by atoms with E-state index in [1.165, 1.54) is 64.0 Å². The monoisotopic (exact) mass is 359 g/mol. The molecule has 1 heterocycles. The summed E-state index contributed by atoms with van der Waals surface area (Å²) >= 11 is 0. The topological polar surface area (TPSA) is 12.9 Å². The van der Waals surface area contributed by atoms with Gasteiger partial charge >= 0.3 is 0 Å². The summed E-state index contributed by atoms with van der Waals surface area (Å²) in [7, 11) is 0. The first-order valence-electron chi connectivity index (χ1n) is 10.5. The van der Waals surface area contributed by atoms with Gasteiger partial charge < -0.3 is 0 Å². The lowest BCUT2D eigenvalue weighted by Gasteiger charge is -2.37. The summed E-state index contributed by atoms with van der Waals surface area (Å²) in [6.07, 6.45) is 16.0. The maximum Gasteiger partial charge on any atom is 0.248 e. The van der Waals surface area contributed by atoms with E-state index in [1.807, 2.05) is 0 Å². The molecule has 0 aromatic carbocycles. The van der Waals surface area contributed by atoms with Crippen LogP contribution in [0, 0.1) is 47.3 Å². The van der Waals surface area contributed by atoms with Crippen molar-refractivity contribution >= 4 is 0 Å². The molecular formula is C23H31F2N. The summed E-state index contributed by atoms with van der Waals surface area (Å²) in [5.41, 5.74) is 0.469. The fourth-order valence-electron chi connectivity index (χ4n) is 4.85. The fourth-order valence-corrected chi connectivity index (χ4v) is 4.85. The Morgan fingerprint density at radius 3 is 2.27 bits per heavy atom. The third kappa shape index (κ3) is 5.29. The Morgan fingerprint density at radius 1 is 1.00 bits per heavy atom. The minimum Gasteiger partial charge on any atom is -0.224 e. The highest BCUT2D eigenvalue weighted by molar-refractivity contribution is 5.32. The number of hydrogen-bond acceptors (Lipinski definition) is 1. The first-order valence-corrected chi connectivity index (χ1v) is 10.5. The van der Waals surface area contributed by atoms with Crippen molar-refractivity contribution in [3.8, 4) is 11.8 Å². The third-order valence-corrected chi connectivity index (χ3v) is 6.51. The zero-order valence-electron chi connectivity index (χ0n) is 15.9. The Hall–Kier alpha value is -1.43. The molecule has 1 aromatic heterocycles. The fraction of sp³-hybridized carbons (Fsp3) is 0.696. The van der Waals surface area contributed by atoms with Gasteiger partial charge in [0, 0.05) is 17.7 Å². The minimum atomic E-state index is -1.06. The second-order valence-electron chi connectivity index (χ2n) is 8.30. The lowest BCUT2D eigenvalue weighted by atomic mass is 9.69. The lowest BCUT2D eigenvalue weighted by Crippen LogP contribution is -2.25. The van der Waals surface area contributed by atoms with Crippen LogP contribution in [0.15, 0.2) is 12.3 Å². The van der Waals surface area contributed by atoms with Crippen LogP contribution in [0.1, 0.15) is 83.1 Å². The van der Waals surface area contributed by atoms with Gasteiger partial charge in [-0.25, -0.2) is 9.37 Å². The van der Waals surface area contributed by atoms with Gasteiger partial charge in [0.1, 0.15) is 0 Å². The maximum absolute atomic E-state index is 13.2. The standard InChI is InChI=1S/C23H31F2N/c1-2-3-4-17-7-11-20(12-8-17)21-13-9-18(10-14-21)5-6-19-15-22(24)23(25)26-16-19/h15-18,20-21H,2-4,7-14H2,1H3/t17-,18-,20-,21-. The Morgan fingerprint density at radius 2 is 1.65 bits per heavy atom. The minimum absolute atomic E-state index is 0.389. The zero-order valence-corrected chi connectivity index (χ0v) is 15.9. The Balaban J connectivity index is 1.43. The number of aromatic nitrogens is 1. The molecule has 0 amide bonds. The molecule has 3 heteroatoms. The predicted molar refractivity (Wildman–Crippen MR) is 101 cm³/mol. The van der Waals surface area contributed by atoms with Gasteiger partial charge in [-0.05, 0) is 62.3 Å². The van der Waals surface area contributed by atoms with Gasteiger partial charge in [0.2, 0.25) is 5.95 Å². The number of pyridine rings is 1. The highest BCUT2D eigenvalue weighted by Crippen LogP contribution is 2.42. The molecule has 3 rings (SSSR count). The molecule has 0 unspecified atom stereocenters. The molecule has 0 N–H and O–H groups in total. The van der Waals surface area contributed by atoms with Crippen molar-refractivity contribution < 1.29 is 8.78 Å². The molecule has 2 aliphatic rings. The van der Waals surface area contributed by atoms with Crippen molar-refractivity contribution in [1.29, 1.82) is 0 Å². The van der Waals surface area contributed by atoms with Crippen molar-refractivity contribution in [1.82, 2.24) is 4.98 Å². The van der Waals surface area contributed by atoms with Crippen LogP contribution in [-0.4, -0.2) is 4.98 Å². The van der Waals surface area contributed by atoms with Crippen LogP contribution in [0.4, 0.5) is 8.78 Å². The van der Waals surface area contributed by atoms with E-state index < -0.39 is 11.8 Å². The van der Waals surface area contributed by atoms with Crippen molar-refractivity contribution in [3.63, 3.8) is 0 Å². The molecule has 0 spiro atoms. The average molecular weight is 360 g/mol. The van der Waals surface area contributed by atoms with E-state index in [0.717, 1.165) is 36.7 Å². The molecule has 0 saturated heterocycles.